The second-order valence-corrected chi connectivity index (χ2v) is 7.52. The minimum Gasteiger partial charge on any atom is -0.385 e. The van der Waals surface area contributed by atoms with Crippen LogP contribution in [0.1, 0.15) is 37.3 Å². The number of hydrogen-bond acceptors (Lipinski definition) is 3. The molecule has 0 radical (unpaired) electrons. The number of nitrogens with zero attached hydrogens (tertiary/aromatic N) is 2. The number of nitrogens with one attached hydrogen (secondary N) is 2. The van der Waals surface area contributed by atoms with Gasteiger partial charge in [0.05, 0.1) is 6.04 Å². The van der Waals surface area contributed by atoms with E-state index in [0.717, 1.165) is 19.6 Å². The number of aliphatic imine (C=N–C) groups is 1. The van der Waals surface area contributed by atoms with E-state index >= 15 is 0 Å². The van der Waals surface area contributed by atoms with Gasteiger partial charge in [0.2, 0.25) is 0 Å². The van der Waals surface area contributed by atoms with Crippen LogP contribution in [0.25, 0.3) is 0 Å². The minimum absolute atomic E-state index is 0. The Kier molecular flexibility index (Phi) is 10.6. The topological polar surface area (TPSA) is 48.9 Å². The highest BCUT2D eigenvalue weighted by Crippen LogP contribution is 2.43. The lowest BCUT2D eigenvalue weighted by Gasteiger charge is -2.42. The average Bonchev–Trinajstić information content (AvgIpc) is 2.60. The molecule has 0 saturated heterocycles. The number of halogens is 3. The first-order valence-electron chi connectivity index (χ1n) is 9.46. The third kappa shape index (κ3) is 6.52. The normalized spacial score (nSPS) is 16.9. The fourth-order valence-corrected chi connectivity index (χ4v) is 3.57. The molecule has 1 saturated carbocycles. The summed E-state index contributed by atoms with van der Waals surface area (Å²) in [5.74, 6) is -0.430. The van der Waals surface area contributed by atoms with E-state index in [0.29, 0.717) is 12.5 Å². The molecule has 0 aliphatic heterocycles. The first-order chi connectivity index (χ1) is 12.9. The second-order valence-electron chi connectivity index (χ2n) is 7.52. The van der Waals surface area contributed by atoms with Gasteiger partial charge < -0.3 is 20.3 Å². The van der Waals surface area contributed by atoms with Gasteiger partial charge in [-0.15, -0.1) is 24.0 Å². The molecule has 0 bridgehead atoms. The third-order valence-corrected chi connectivity index (χ3v) is 5.52. The first kappa shape index (κ1) is 25.0. The van der Waals surface area contributed by atoms with Crippen LogP contribution in [0.5, 0.6) is 0 Å². The van der Waals surface area contributed by atoms with Crippen LogP contribution in [-0.4, -0.2) is 58.8 Å². The zero-order chi connectivity index (χ0) is 19.9. The molecule has 0 heterocycles. The monoisotopic (exact) mass is 510 g/mol. The van der Waals surface area contributed by atoms with Crippen LogP contribution < -0.4 is 10.6 Å². The van der Waals surface area contributed by atoms with Crippen LogP contribution in [0.15, 0.2) is 23.2 Å². The molecule has 8 heteroatoms. The maximum absolute atomic E-state index is 14.2. The SMILES string of the molecule is CN=C(NCC(c1c(F)cccc1F)N(C)C)NCC1(CCOC)CCC1.I. The van der Waals surface area contributed by atoms with Crippen LogP contribution in [0, 0.1) is 17.0 Å². The Hall–Kier alpha value is -1.00. The Labute approximate surface area is 184 Å². The summed E-state index contributed by atoms with van der Waals surface area (Å²) in [6, 6.07) is 3.51. The Balaban J connectivity index is 0.00000392. The third-order valence-electron chi connectivity index (χ3n) is 5.52. The standard InChI is InChI=1S/C20H32F2N4O.HI/c1-23-19(25-14-20(9-6-10-20)11-12-27-4)24-13-17(26(2)3)18-15(21)7-5-8-16(18)22;/h5,7-8,17H,6,9-14H2,1-4H3,(H2,23,24,25);1H. The number of rotatable bonds is 9. The molecular formula is C20H33F2IN4O. The van der Waals surface area contributed by atoms with E-state index in [2.05, 4.69) is 15.6 Å². The van der Waals surface area contributed by atoms with E-state index in [9.17, 15) is 8.78 Å². The second kappa shape index (κ2) is 11.9. The maximum Gasteiger partial charge on any atom is 0.191 e. The quantitative estimate of drug-likeness (QED) is 0.303. The summed E-state index contributed by atoms with van der Waals surface area (Å²) in [6.07, 6.45) is 4.63. The van der Waals surface area contributed by atoms with Gasteiger partial charge in [0.25, 0.3) is 0 Å². The maximum atomic E-state index is 14.2. The van der Waals surface area contributed by atoms with Gasteiger partial charge in [-0.1, -0.05) is 12.5 Å². The van der Waals surface area contributed by atoms with Crippen molar-refractivity contribution in [1.82, 2.24) is 15.5 Å². The van der Waals surface area contributed by atoms with Crippen LogP contribution in [0.2, 0.25) is 0 Å². The molecule has 0 spiro atoms. The molecule has 0 aromatic heterocycles. The molecule has 1 aromatic carbocycles. The lowest BCUT2D eigenvalue weighted by Crippen LogP contribution is -2.48. The van der Waals surface area contributed by atoms with Gasteiger partial charge in [0, 0.05) is 39.4 Å². The van der Waals surface area contributed by atoms with Crippen LogP contribution >= 0.6 is 24.0 Å². The molecule has 2 rings (SSSR count). The summed E-state index contributed by atoms with van der Waals surface area (Å²) in [6.45, 7) is 1.91. The number of likely N-dealkylation sites (N-methyl/N-ethyl adjacent to an activating group) is 1. The van der Waals surface area contributed by atoms with Crippen LogP contribution in [0.3, 0.4) is 0 Å². The Morgan fingerprint density at radius 1 is 1.25 bits per heavy atom. The molecule has 1 fully saturated rings. The minimum atomic E-state index is -0.536. The van der Waals surface area contributed by atoms with E-state index < -0.39 is 17.7 Å². The number of methoxy groups -OCH3 is 1. The lowest BCUT2D eigenvalue weighted by molar-refractivity contribution is 0.0732. The molecule has 160 valence electrons. The van der Waals surface area contributed by atoms with Crippen molar-refractivity contribution in [2.45, 2.75) is 31.7 Å². The molecular weight excluding hydrogens is 477 g/mol. The summed E-state index contributed by atoms with van der Waals surface area (Å²) < 4.78 is 33.6. The predicted molar refractivity (Wildman–Crippen MR) is 120 cm³/mol. The number of guanidine groups is 1. The van der Waals surface area contributed by atoms with Gasteiger partial charge in [0.1, 0.15) is 11.6 Å². The Morgan fingerprint density at radius 3 is 2.36 bits per heavy atom. The van der Waals surface area contributed by atoms with Crippen molar-refractivity contribution in [3.05, 3.63) is 35.4 Å². The van der Waals surface area contributed by atoms with Crippen LogP contribution in [-0.2, 0) is 4.74 Å². The number of benzene rings is 1. The van der Waals surface area contributed by atoms with Crippen molar-refractivity contribution in [1.29, 1.82) is 0 Å². The average molecular weight is 510 g/mol. The van der Waals surface area contributed by atoms with Crippen LogP contribution in [0.4, 0.5) is 8.78 Å². The summed E-state index contributed by atoms with van der Waals surface area (Å²) >= 11 is 0. The molecule has 28 heavy (non-hydrogen) atoms. The van der Waals surface area contributed by atoms with E-state index in [1.165, 1.54) is 37.5 Å². The summed E-state index contributed by atoms with van der Waals surface area (Å²) in [4.78, 5) is 6.06. The van der Waals surface area contributed by atoms with Crippen molar-refractivity contribution in [3.63, 3.8) is 0 Å². The molecule has 1 unspecified atom stereocenters. The summed E-state index contributed by atoms with van der Waals surface area (Å²) in [5.41, 5.74) is 0.327. The molecule has 1 atom stereocenters. The van der Waals surface area contributed by atoms with E-state index in [4.69, 9.17) is 4.74 Å². The highest BCUT2D eigenvalue weighted by atomic mass is 127. The van der Waals surface area contributed by atoms with Crippen molar-refractivity contribution in [2.24, 2.45) is 10.4 Å². The number of ether oxygens (including phenoxy) is 1. The van der Waals surface area contributed by atoms with Gasteiger partial charge in [0.15, 0.2) is 5.96 Å². The largest absolute Gasteiger partial charge is 0.385 e. The molecule has 1 aliphatic carbocycles. The summed E-state index contributed by atoms with van der Waals surface area (Å²) in [7, 11) is 7.04. The fraction of sp³-hybridized carbons (Fsp3) is 0.650. The Morgan fingerprint density at radius 2 is 1.89 bits per heavy atom. The van der Waals surface area contributed by atoms with Crippen molar-refractivity contribution in [2.75, 3.05) is 47.9 Å². The molecule has 1 aliphatic rings. The van der Waals surface area contributed by atoms with Gasteiger partial charge in [-0.05, 0) is 50.9 Å². The first-order valence-corrected chi connectivity index (χ1v) is 9.46. The molecule has 1 aromatic rings. The van der Waals surface area contributed by atoms with Crippen molar-refractivity contribution < 1.29 is 13.5 Å². The zero-order valence-corrected chi connectivity index (χ0v) is 19.6. The lowest BCUT2D eigenvalue weighted by atomic mass is 9.67. The highest BCUT2D eigenvalue weighted by Gasteiger charge is 2.36. The van der Waals surface area contributed by atoms with Gasteiger partial charge in [-0.3, -0.25) is 4.99 Å². The van der Waals surface area contributed by atoms with Gasteiger partial charge in [-0.2, -0.15) is 0 Å². The zero-order valence-electron chi connectivity index (χ0n) is 17.2. The number of hydrogen-bond donors (Lipinski definition) is 2. The molecule has 2 N–H and O–H groups in total. The predicted octanol–water partition coefficient (Wildman–Crippen LogP) is 3.56. The van der Waals surface area contributed by atoms with E-state index in [1.54, 1.807) is 19.1 Å². The fourth-order valence-electron chi connectivity index (χ4n) is 3.57. The molecule has 0 amide bonds. The smallest absolute Gasteiger partial charge is 0.191 e. The summed E-state index contributed by atoms with van der Waals surface area (Å²) in [5, 5.41) is 6.59. The molecule has 5 nitrogen and oxygen atoms in total. The van der Waals surface area contributed by atoms with E-state index in [-0.39, 0.29) is 35.0 Å². The highest BCUT2D eigenvalue weighted by molar-refractivity contribution is 14.0. The van der Waals surface area contributed by atoms with Crippen molar-refractivity contribution >= 4 is 29.9 Å². The Bertz CT molecular complexity index is 618. The van der Waals surface area contributed by atoms with Gasteiger partial charge in [-0.25, -0.2) is 8.78 Å². The van der Waals surface area contributed by atoms with Crippen molar-refractivity contribution in [3.8, 4) is 0 Å². The van der Waals surface area contributed by atoms with Gasteiger partial charge >= 0.3 is 0 Å². The van der Waals surface area contributed by atoms with E-state index in [1.807, 2.05) is 14.1 Å².